The molecule has 1 heterocycles. The molecule has 1 N–H and O–H groups in total. The average Bonchev–Trinajstić information content (AvgIpc) is 2.75. The summed E-state index contributed by atoms with van der Waals surface area (Å²) in [5.41, 5.74) is 2.04. The van der Waals surface area contributed by atoms with Crippen molar-refractivity contribution in [1.82, 2.24) is 4.90 Å². The number of hydrogen-bond acceptors (Lipinski definition) is 5. The molecule has 0 spiro atoms. The minimum absolute atomic E-state index is 0.105. The molecule has 1 aliphatic heterocycles. The van der Waals surface area contributed by atoms with E-state index in [0.29, 0.717) is 32.5 Å². The van der Waals surface area contributed by atoms with Crippen LogP contribution < -0.4 is 14.2 Å². The van der Waals surface area contributed by atoms with Gasteiger partial charge in [0.2, 0.25) is 0 Å². The van der Waals surface area contributed by atoms with E-state index in [1.807, 2.05) is 37.3 Å². The number of benzene rings is 2. The summed E-state index contributed by atoms with van der Waals surface area (Å²) in [6, 6.07) is 13.7. The number of carboxylic acid groups (broad SMARTS) is 1. The summed E-state index contributed by atoms with van der Waals surface area (Å²) in [5, 5.41) is 9.37. The fourth-order valence-corrected chi connectivity index (χ4v) is 4.03. The molecule has 3 rings (SSSR count). The number of methoxy groups -OCH3 is 2. The van der Waals surface area contributed by atoms with Crippen LogP contribution in [0.25, 0.3) is 0 Å². The molecule has 0 radical (unpaired) electrons. The lowest BCUT2D eigenvalue weighted by molar-refractivity contribution is -0.143. The number of piperidine rings is 1. The third-order valence-electron chi connectivity index (χ3n) is 5.49. The van der Waals surface area contributed by atoms with Crippen LogP contribution in [0.4, 0.5) is 0 Å². The first-order valence-electron chi connectivity index (χ1n) is 9.99. The number of nitrogens with zero attached hydrogens (tertiary/aromatic N) is 1. The number of carboxylic acids is 1. The zero-order valence-corrected chi connectivity index (χ0v) is 17.3. The largest absolute Gasteiger partial charge is 0.496 e. The summed E-state index contributed by atoms with van der Waals surface area (Å²) in [5.74, 6) is 1.34. The maximum Gasteiger partial charge on any atom is 0.306 e. The van der Waals surface area contributed by atoms with Crippen LogP contribution in [0.3, 0.4) is 0 Å². The van der Waals surface area contributed by atoms with Crippen LogP contribution in [0.15, 0.2) is 42.5 Å². The standard InChI is InChI=1S/C23H29NO5/c1-4-29-18-10-8-16(9-11-18)22(24-14-12-17(13-15-24)23(25)26)21-19(27-2)6-5-7-20(21)28-3/h5-11,17,22H,4,12-15H2,1-3H3,(H,25,26). The zero-order chi connectivity index (χ0) is 20.8. The molecule has 1 unspecified atom stereocenters. The third kappa shape index (κ3) is 4.65. The maximum atomic E-state index is 11.4. The predicted molar refractivity (Wildman–Crippen MR) is 111 cm³/mol. The van der Waals surface area contributed by atoms with Crippen LogP contribution in [0, 0.1) is 5.92 Å². The first kappa shape index (κ1) is 21.0. The number of aliphatic carboxylic acids is 1. The second-order valence-electron chi connectivity index (χ2n) is 7.13. The second kappa shape index (κ2) is 9.65. The zero-order valence-electron chi connectivity index (χ0n) is 17.3. The number of rotatable bonds is 8. The highest BCUT2D eigenvalue weighted by Crippen LogP contribution is 2.42. The number of hydrogen-bond donors (Lipinski definition) is 1. The Hall–Kier alpha value is -2.73. The SMILES string of the molecule is CCOc1ccc(C(c2c(OC)cccc2OC)N2CCC(C(=O)O)CC2)cc1. The van der Waals surface area contributed by atoms with Crippen molar-refractivity contribution in [2.24, 2.45) is 5.92 Å². The second-order valence-corrected chi connectivity index (χ2v) is 7.13. The van der Waals surface area contributed by atoms with E-state index in [0.717, 1.165) is 28.4 Å². The van der Waals surface area contributed by atoms with E-state index in [2.05, 4.69) is 17.0 Å². The van der Waals surface area contributed by atoms with Gasteiger partial charge >= 0.3 is 5.97 Å². The van der Waals surface area contributed by atoms with Crippen LogP contribution in [0.1, 0.15) is 36.9 Å². The van der Waals surface area contributed by atoms with E-state index in [-0.39, 0.29) is 12.0 Å². The molecule has 1 saturated heterocycles. The lowest BCUT2D eigenvalue weighted by atomic mass is 9.90. The summed E-state index contributed by atoms with van der Waals surface area (Å²) in [4.78, 5) is 13.7. The molecule has 2 aromatic carbocycles. The fourth-order valence-electron chi connectivity index (χ4n) is 4.03. The molecule has 1 atom stereocenters. The maximum absolute atomic E-state index is 11.4. The summed E-state index contributed by atoms with van der Waals surface area (Å²) < 4.78 is 16.9. The van der Waals surface area contributed by atoms with Crippen LogP contribution in [-0.4, -0.2) is 49.9 Å². The van der Waals surface area contributed by atoms with Gasteiger partial charge in [0.1, 0.15) is 17.2 Å². The molecular formula is C23H29NO5. The Morgan fingerprint density at radius 3 is 2.14 bits per heavy atom. The highest BCUT2D eigenvalue weighted by molar-refractivity contribution is 5.70. The van der Waals surface area contributed by atoms with Gasteiger partial charge in [-0.15, -0.1) is 0 Å². The molecule has 0 saturated carbocycles. The summed E-state index contributed by atoms with van der Waals surface area (Å²) in [6.07, 6.45) is 1.25. The normalized spacial score (nSPS) is 16.2. The number of ether oxygens (including phenoxy) is 3. The monoisotopic (exact) mass is 399 g/mol. The molecule has 156 valence electrons. The van der Waals surface area contributed by atoms with E-state index in [9.17, 15) is 9.90 Å². The van der Waals surface area contributed by atoms with Gasteiger partial charge in [-0.05, 0) is 62.7 Å². The molecule has 1 aliphatic rings. The first-order chi connectivity index (χ1) is 14.1. The van der Waals surface area contributed by atoms with E-state index in [1.54, 1.807) is 14.2 Å². The summed E-state index contributed by atoms with van der Waals surface area (Å²) in [6.45, 7) is 3.96. The molecule has 6 heteroatoms. The van der Waals surface area contributed by atoms with Crippen molar-refractivity contribution in [2.45, 2.75) is 25.8 Å². The molecule has 1 fully saturated rings. The van der Waals surface area contributed by atoms with E-state index < -0.39 is 5.97 Å². The van der Waals surface area contributed by atoms with Gasteiger partial charge < -0.3 is 19.3 Å². The Morgan fingerprint density at radius 2 is 1.66 bits per heavy atom. The van der Waals surface area contributed by atoms with Crippen molar-refractivity contribution in [3.05, 3.63) is 53.6 Å². The lowest BCUT2D eigenvalue weighted by Gasteiger charge is -2.38. The average molecular weight is 399 g/mol. The van der Waals surface area contributed by atoms with Gasteiger partial charge in [0.15, 0.2) is 0 Å². The van der Waals surface area contributed by atoms with Crippen molar-refractivity contribution in [2.75, 3.05) is 33.9 Å². The summed E-state index contributed by atoms with van der Waals surface area (Å²) in [7, 11) is 3.31. The molecule has 29 heavy (non-hydrogen) atoms. The van der Waals surface area contributed by atoms with Crippen molar-refractivity contribution < 1.29 is 24.1 Å². The third-order valence-corrected chi connectivity index (χ3v) is 5.49. The van der Waals surface area contributed by atoms with Gasteiger partial charge in [-0.1, -0.05) is 18.2 Å². The highest BCUT2D eigenvalue weighted by atomic mass is 16.5. The van der Waals surface area contributed by atoms with Crippen LogP contribution in [0.5, 0.6) is 17.2 Å². The van der Waals surface area contributed by atoms with E-state index >= 15 is 0 Å². The van der Waals surface area contributed by atoms with Gasteiger partial charge in [-0.2, -0.15) is 0 Å². The Morgan fingerprint density at radius 1 is 1.07 bits per heavy atom. The molecule has 0 bridgehead atoms. The molecule has 6 nitrogen and oxygen atoms in total. The fraction of sp³-hybridized carbons (Fsp3) is 0.435. The molecule has 0 aromatic heterocycles. The molecule has 0 aliphatic carbocycles. The Kier molecular flexibility index (Phi) is 6.99. The highest BCUT2D eigenvalue weighted by Gasteiger charge is 2.33. The van der Waals surface area contributed by atoms with Gasteiger partial charge in [-0.3, -0.25) is 9.69 Å². The topological polar surface area (TPSA) is 68.2 Å². The molecule has 2 aromatic rings. The van der Waals surface area contributed by atoms with Gasteiger partial charge in [0.05, 0.1) is 38.3 Å². The Labute approximate surface area is 172 Å². The Balaban J connectivity index is 2.02. The first-order valence-corrected chi connectivity index (χ1v) is 9.99. The van der Waals surface area contributed by atoms with Crippen LogP contribution in [-0.2, 0) is 4.79 Å². The number of likely N-dealkylation sites (tertiary alicyclic amines) is 1. The van der Waals surface area contributed by atoms with Crippen molar-refractivity contribution >= 4 is 5.97 Å². The Bertz CT molecular complexity index is 790. The van der Waals surface area contributed by atoms with E-state index in [4.69, 9.17) is 14.2 Å². The molecule has 0 amide bonds. The quantitative estimate of drug-likeness (QED) is 0.724. The van der Waals surface area contributed by atoms with E-state index in [1.165, 1.54) is 0 Å². The lowest BCUT2D eigenvalue weighted by Crippen LogP contribution is -2.39. The minimum Gasteiger partial charge on any atom is -0.496 e. The van der Waals surface area contributed by atoms with Gasteiger partial charge in [0.25, 0.3) is 0 Å². The predicted octanol–water partition coefficient (Wildman–Crippen LogP) is 3.99. The smallest absolute Gasteiger partial charge is 0.306 e. The van der Waals surface area contributed by atoms with Crippen LogP contribution >= 0.6 is 0 Å². The van der Waals surface area contributed by atoms with Crippen molar-refractivity contribution in [3.8, 4) is 17.2 Å². The number of carbonyl (C=O) groups is 1. The summed E-state index contributed by atoms with van der Waals surface area (Å²) >= 11 is 0. The van der Waals surface area contributed by atoms with Crippen LogP contribution in [0.2, 0.25) is 0 Å². The van der Waals surface area contributed by atoms with Gasteiger partial charge in [-0.25, -0.2) is 0 Å². The van der Waals surface area contributed by atoms with Crippen molar-refractivity contribution in [3.63, 3.8) is 0 Å². The minimum atomic E-state index is -0.711. The molecular weight excluding hydrogens is 370 g/mol. The van der Waals surface area contributed by atoms with Crippen molar-refractivity contribution in [1.29, 1.82) is 0 Å². The van der Waals surface area contributed by atoms with Gasteiger partial charge in [0, 0.05) is 0 Å².